The van der Waals surface area contributed by atoms with Gasteiger partial charge in [0.15, 0.2) is 11.5 Å². The average Bonchev–Trinajstić information content (AvgIpc) is 3.24. The van der Waals surface area contributed by atoms with E-state index in [2.05, 4.69) is 10.5 Å². The average molecular weight is 644 g/mol. The van der Waals surface area contributed by atoms with Gasteiger partial charge in [-0.25, -0.2) is 13.8 Å². The van der Waals surface area contributed by atoms with Crippen LogP contribution in [0.25, 0.3) is 5.69 Å². The Balaban J connectivity index is 1.62. The summed E-state index contributed by atoms with van der Waals surface area (Å²) in [5.74, 6) is -0.00992. The first-order valence-corrected chi connectivity index (χ1v) is 15.3. The number of anilines is 1. The molecule has 0 aliphatic heterocycles. The van der Waals surface area contributed by atoms with Crippen molar-refractivity contribution in [3.8, 4) is 17.2 Å². The monoisotopic (exact) mass is 642 g/mol. The zero-order valence-corrected chi connectivity index (χ0v) is 26.9. The predicted octanol–water partition coefficient (Wildman–Crippen LogP) is 6.38. The molecule has 0 unspecified atom stereocenters. The van der Waals surface area contributed by atoms with Gasteiger partial charge in [0.05, 0.1) is 46.7 Å². The van der Waals surface area contributed by atoms with Gasteiger partial charge in [-0.05, 0) is 81.3 Å². The number of ether oxygens (including phenoxy) is 2. The van der Waals surface area contributed by atoms with E-state index in [1.807, 2.05) is 56.5 Å². The Morgan fingerprint density at radius 1 is 0.953 bits per heavy atom. The molecule has 3 aromatic carbocycles. The van der Waals surface area contributed by atoms with Crippen molar-refractivity contribution in [2.75, 3.05) is 25.1 Å². The minimum atomic E-state index is -4.21. The molecule has 4 aromatic rings. The molecule has 0 saturated carbocycles. The topological polar surface area (TPSA) is 102 Å². The molecule has 12 heteroatoms. The normalized spacial score (nSPS) is 11.5. The molecule has 0 aliphatic carbocycles. The van der Waals surface area contributed by atoms with Gasteiger partial charge in [0.25, 0.3) is 15.9 Å². The first kappa shape index (κ1) is 31.9. The fourth-order valence-corrected chi connectivity index (χ4v) is 6.61. The van der Waals surface area contributed by atoms with Crippen LogP contribution in [0.4, 0.5) is 5.69 Å². The number of rotatable bonds is 10. The molecular weight excluding hydrogens is 611 g/mol. The number of nitrogens with one attached hydrogen (secondary N) is 1. The molecular formula is C31H32Cl2N4O5S. The molecule has 226 valence electrons. The summed E-state index contributed by atoms with van der Waals surface area (Å²) in [6.45, 7) is 7.00. The smallest absolute Gasteiger partial charge is 0.264 e. The highest BCUT2D eigenvalue weighted by atomic mass is 35.5. The van der Waals surface area contributed by atoms with E-state index in [1.54, 1.807) is 18.2 Å². The van der Waals surface area contributed by atoms with E-state index in [0.717, 1.165) is 38.1 Å². The molecule has 0 radical (unpaired) electrons. The Morgan fingerprint density at radius 3 is 2.28 bits per heavy atom. The number of methoxy groups -OCH3 is 2. The summed E-state index contributed by atoms with van der Waals surface area (Å²) in [6.07, 6.45) is 1.50. The highest BCUT2D eigenvalue weighted by Crippen LogP contribution is 2.33. The van der Waals surface area contributed by atoms with Crippen LogP contribution in [0.1, 0.15) is 28.1 Å². The van der Waals surface area contributed by atoms with E-state index in [0.29, 0.717) is 21.5 Å². The molecule has 43 heavy (non-hydrogen) atoms. The van der Waals surface area contributed by atoms with Gasteiger partial charge in [-0.3, -0.25) is 9.10 Å². The largest absolute Gasteiger partial charge is 0.493 e. The van der Waals surface area contributed by atoms with Crippen molar-refractivity contribution < 1.29 is 22.7 Å². The molecule has 0 spiro atoms. The Hall–Kier alpha value is -3.99. The lowest BCUT2D eigenvalue weighted by molar-refractivity contribution is -0.119. The molecule has 1 heterocycles. The SMILES string of the molecule is COc1ccc(S(=O)(=O)N(CC(=O)N/N=C/c2cc(C)n(-c3cccc(Cl)c3Cl)c2C)c2cc(C)cc(C)c2)cc1OC. The standard InChI is InChI=1S/C31H32Cl2N4O5S/c1-19-12-20(2)14-24(13-19)36(43(39,40)25-10-11-28(41-5)29(16-25)42-6)18-30(38)35-34-17-23-15-21(3)37(22(23)4)27-9-7-8-26(32)31(27)33/h7-17H,18H2,1-6H3,(H,35,38)/b34-17+. The Kier molecular flexibility index (Phi) is 9.74. The first-order valence-electron chi connectivity index (χ1n) is 13.2. The molecule has 0 saturated heterocycles. The van der Waals surface area contributed by atoms with Crippen molar-refractivity contribution in [3.05, 3.63) is 98.8 Å². The van der Waals surface area contributed by atoms with Gasteiger partial charge in [-0.15, -0.1) is 0 Å². The number of hydrazone groups is 1. The second-order valence-electron chi connectivity index (χ2n) is 9.90. The molecule has 0 aliphatic rings. The summed E-state index contributed by atoms with van der Waals surface area (Å²) in [6, 6.07) is 16.9. The molecule has 9 nitrogen and oxygen atoms in total. The van der Waals surface area contributed by atoms with Crippen LogP contribution < -0.4 is 19.2 Å². The number of aromatic nitrogens is 1. The molecule has 4 rings (SSSR count). The van der Waals surface area contributed by atoms with Crippen LogP contribution in [0.15, 0.2) is 70.7 Å². The molecule has 0 bridgehead atoms. The number of nitrogens with zero attached hydrogens (tertiary/aromatic N) is 3. The highest BCUT2D eigenvalue weighted by Gasteiger charge is 2.29. The Labute approximate surface area is 261 Å². The van der Waals surface area contributed by atoms with E-state index in [-0.39, 0.29) is 10.6 Å². The second kappa shape index (κ2) is 13.1. The highest BCUT2D eigenvalue weighted by molar-refractivity contribution is 7.92. The zero-order valence-electron chi connectivity index (χ0n) is 24.6. The van der Waals surface area contributed by atoms with Crippen LogP contribution in [0.5, 0.6) is 11.5 Å². The van der Waals surface area contributed by atoms with Crippen LogP contribution in [0.3, 0.4) is 0 Å². The van der Waals surface area contributed by atoms with Crippen molar-refractivity contribution in [2.24, 2.45) is 5.10 Å². The maximum atomic E-state index is 13.9. The van der Waals surface area contributed by atoms with Gasteiger partial charge in [0.2, 0.25) is 0 Å². The van der Waals surface area contributed by atoms with E-state index in [4.69, 9.17) is 32.7 Å². The lowest BCUT2D eigenvalue weighted by atomic mass is 10.1. The lowest BCUT2D eigenvalue weighted by Gasteiger charge is -2.25. The summed E-state index contributed by atoms with van der Waals surface area (Å²) >= 11 is 12.7. The van der Waals surface area contributed by atoms with Crippen LogP contribution in [0, 0.1) is 27.7 Å². The fourth-order valence-electron chi connectivity index (χ4n) is 4.81. The molecule has 1 aromatic heterocycles. The Morgan fingerprint density at radius 2 is 1.63 bits per heavy atom. The van der Waals surface area contributed by atoms with Crippen LogP contribution >= 0.6 is 23.2 Å². The summed E-state index contributed by atoms with van der Waals surface area (Å²) in [4.78, 5) is 13.1. The number of carbonyl (C=O) groups is 1. The Bertz CT molecular complexity index is 1800. The lowest BCUT2D eigenvalue weighted by Crippen LogP contribution is -2.39. The van der Waals surface area contributed by atoms with Crippen LogP contribution in [-0.2, 0) is 14.8 Å². The summed E-state index contributed by atoms with van der Waals surface area (Å²) in [7, 11) is -1.33. The van der Waals surface area contributed by atoms with Gasteiger partial charge >= 0.3 is 0 Å². The number of hydrogen-bond donors (Lipinski definition) is 1. The van der Waals surface area contributed by atoms with Crippen molar-refractivity contribution >= 4 is 51.0 Å². The van der Waals surface area contributed by atoms with Gasteiger partial charge < -0.3 is 14.0 Å². The number of sulfonamides is 1. The van der Waals surface area contributed by atoms with E-state index < -0.39 is 22.5 Å². The predicted molar refractivity (Wildman–Crippen MR) is 171 cm³/mol. The molecule has 0 fully saturated rings. The van der Waals surface area contributed by atoms with Crippen molar-refractivity contribution in [1.29, 1.82) is 0 Å². The van der Waals surface area contributed by atoms with Gasteiger partial charge in [-0.2, -0.15) is 5.10 Å². The number of amides is 1. The third-order valence-electron chi connectivity index (χ3n) is 6.76. The minimum absolute atomic E-state index is 0.0623. The van der Waals surface area contributed by atoms with Crippen LogP contribution in [0.2, 0.25) is 10.0 Å². The van der Waals surface area contributed by atoms with E-state index in [9.17, 15) is 13.2 Å². The van der Waals surface area contributed by atoms with Gasteiger partial charge in [-0.1, -0.05) is 35.3 Å². The van der Waals surface area contributed by atoms with Gasteiger partial charge in [0.1, 0.15) is 6.54 Å². The number of carbonyl (C=O) groups excluding carboxylic acids is 1. The second-order valence-corrected chi connectivity index (χ2v) is 12.5. The van der Waals surface area contributed by atoms with Gasteiger partial charge in [0, 0.05) is 23.0 Å². The molecule has 1 amide bonds. The van der Waals surface area contributed by atoms with Crippen molar-refractivity contribution in [1.82, 2.24) is 9.99 Å². The number of aryl methyl sites for hydroxylation is 3. The number of benzene rings is 3. The van der Waals surface area contributed by atoms with Crippen molar-refractivity contribution in [3.63, 3.8) is 0 Å². The van der Waals surface area contributed by atoms with E-state index >= 15 is 0 Å². The zero-order chi connectivity index (χ0) is 31.5. The number of halogens is 2. The fraction of sp³-hybridized carbons (Fsp3) is 0.226. The third-order valence-corrected chi connectivity index (χ3v) is 9.34. The summed E-state index contributed by atoms with van der Waals surface area (Å²) < 4.78 is 41.4. The maximum Gasteiger partial charge on any atom is 0.264 e. The molecule has 1 N–H and O–H groups in total. The summed E-state index contributed by atoms with van der Waals surface area (Å²) in [5.41, 5.74) is 7.66. The minimum Gasteiger partial charge on any atom is -0.493 e. The third kappa shape index (κ3) is 6.82. The molecule has 0 atom stereocenters. The quantitative estimate of drug-likeness (QED) is 0.160. The first-order chi connectivity index (χ1) is 20.4. The van der Waals surface area contributed by atoms with Crippen LogP contribution in [-0.4, -0.2) is 45.9 Å². The van der Waals surface area contributed by atoms with E-state index in [1.165, 1.54) is 38.6 Å². The maximum absolute atomic E-state index is 13.9. The number of hydrogen-bond acceptors (Lipinski definition) is 6. The van der Waals surface area contributed by atoms with Crippen molar-refractivity contribution in [2.45, 2.75) is 32.6 Å². The summed E-state index contributed by atoms with van der Waals surface area (Å²) in [5, 5.41) is 4.98.